The predicted octanol–water partition coefficient (Wildman–Crippen LogP) is 2.08. The van der Waals surface area contributed by atoms with Crippen LogP contribution in [-0.2, 0) is 6.54 Å². The second kappa shape index (κ2) is 6.35. The van der Waals surface area contributed by atoms with Gasteiger partial charge in [0.15, 0.2) is 0 Å². The van der Waals surface area contributed by atoms with E-state index in [0.29, 0.717) is 12.6 Å². The van der Waals surface area contributed by atoms with Crippen LogP contribution in [0.5, 0.6) is 0 Å². The fourth-order valence-electron chi connectivity index (χ4n) is 2.93. The van der Waals surface area contributed by atoms with E-state index in [0.717, 1.165) is 18.7 Å². The Hall–Kier alpha value is -1.13. The van der Waals surface area contributed by atoms with Crippen molar-refractivity contribution in [2.75, 3.05) is 39.1 Å². The number of anilines is 1. The highest BCUT2D eigenvalue weighted by Gasteiger charge is 2.26. The van der Waals surface area contributed by atoms with Gasteiger partial charge in [-0.2, -0.15) is 0 Å². The summed E-state index contributed by atoms with van der Waals surface area (Å²) in [6, 6.07) is 5.68. The number of halogens is 1. The SMILES string of the molecule is CNCc1cc(F)ccc1N1CCCC1CN(C)C. The van der Waals surface area contributed by atoms with E-state index in [1.54, 1.807) is 12.1 Å². The maximum atomic E-state index is 13.4. The van der Waals surface area contributed by atoms with Crippen LogP contribution in [0.2, 0.25) is 0 Å². The van der Waals surface area contributed by atoms with Crippen LogP contribution in [0.3, 0.4) is 0 Å². The lowest BCUT2D eigenvalue weighted by atomic mass is 10.1. The summed E-state index contributed by atoms with van der Waals surface area (Å²) in [5, 5.41) is 3.13. The van der Waals surface area contributed by atoms with Gasteiger partial charge in [-0.3, -0.25) is 0 Å². The Morgan fingerprint density at radius 3 is 2.89 bits per heavy atom. The number of hydrogen-bond donors (Lipinski definition) is 1. The van der Waals surface area contributed by atoms with E-state index < -0.39 is 0 Å². The van der Waals surface area contributed by atoms with E-state index in [1.807, 2.05) is 13.1 Å². The fraction of sp³-hybridized carbons (Fsp3) is 0.600. The van der Waals surface area contributed by atoms with Gasteiger partial charge in [0.05, 0.1) is 0 Å². The molecular weight excluding hydrogens is 241 g/mol. The van der Waals surface area contributed by atoms with E-state index in [9.17, 15) is 4.39 Å². The van der Waals surface area contributed by atoms with Gasteiger partial charge >= 0.3 is 0 Å². The minimum atomic E-state index is -0.155. The van der Waals surface area contributed by atoms with Crippen molar-refractivity contribution in [2.24, 2.45) is 0 Å². The third-order valence-corrected chi connectivity index (χ3v) is 3.67. The molecule has 3 nitrogen and oxygen atoms in total. The van der Waals surface area contributed by atoms with E-state index >= 15 is 0 Å². The summed E-state index contributed by atoms with van der Waals surface area (Å²) in [5.74, 6) is -0.155. The van der Waals surface area contributed by atoms with Gasteiger partial charge in [0.2, 0.25) is 0 Å². The van der Waals surface area contributed by atoms with Crippen molar-refractivity contribution in [2.45, 2.75) is 25.4 Å². The Kier molecular flexibility index (Phi) is 4.77. The van der Waals surface area contributed by atoms with Gasteiger partial charge in [-0.1, -0.05) is 0 Å². The standard InChI is InChI=1S/C15H24FN3/c1-17-10-12-9-13(16)6-7-15(12)19-8-4-5-14(19)11-18(2)3/h6-7,9,14,17H,4-5,8,10-11H2,1-3H3. The van der Waals surface area contributed by atoms with Gasteiger partial charge in [-0.05, 0) is 57.7 Å². The number of rotatable bonds is 5. The van der Waals surface area contributed by atoms with E-state index in [4.69, 9.17) is 0 Å². The molecule has 106 valence electrons. The molecule has 1 unspecified atom stereocenters. The summed E-state index contributed by atoms with van der Waals surface area (Å²) in [6.45, 7) is 2.83. The molecule has 1 aromatic carbocycles. The molecule has 1 fully saturated rings. The van der Waals surface area contributed by atoms with E-state index in [1.165, 1.54) is 18.5 Å². The Bertz CT molecular complexity index is 420. The van der Waals surface area contributed by atoms with Crippen LogP contribution in [0.15, 0.2) is 18.2 Å². The van der Waals surface area contributed by atoms with Gasteiger partial charge in [-0.15, -0.1) is 0 Å². The first kappa shape index (κ1) is 14.3. The van der Waals surface area contributed by atoms with E-state index in [-0.39, 0.29) is 5.82 Å². The first-order chi connectivity index (χ1) is 9.11. The molecule has 0 aliphatic carbocycles. The second-order valence-electron chi connectivity index (χ2n) is 5.56. The lowest BCUT2D eigenvalue weighted by Crippen LogP contribution is -2.38. The molecule has 2 rings (SSSR count). The van der Waals surface area contributed by atoms with Crippen LogP contribution in [0, 0.1) is 5.82 Å². The molecule has 19 heavy (non-hydrogen) atoms. The smallest absolute Gasteiger partial charge is 0.123 e. The summed E-state index contributed by atoms with van der Waals surface area (Å²) in [6.07, 6.45) is 2.43. The monoisotopic (exact) mass is 265 g/mol. The van der Waals surface area contributed by atoms with Crippen molar-refractivity contribution in [1.82, 2.24) is 10.2 Å². The summed E-state index contributed by atoms with van der Waals surface area (Å²) < 4.78 is 13.4. The molecule has 1 saturated heterocycles. The minimum absolute atomic E-state index is 0.155. The van der Waals surface area contributed by atoms with Crippen molar-refractivity contribution >= 4 is 5.69 Å². The number of nitrogens with zero attached hydrogens (tertiary/aromatic N) is 2. The molecule has 4 heteroatoms. The molecule has 1 aliphatic rings. The topological polar surface area (TPSA) is 18.5 Å². The van der Waals surface area contributed by atoms with Crippen LogP contribution < -0.4 is 10.2 Å². The fourth-order valence-corrected chi connectivity index (χ4v) is 2.93. The summed E-state index contributed by atoms with van der Waals surface area (Å²) >= 11 is 0. The average Bonchev–Trinajstić information content (AvgIpc) is 2.77. The third-order valence-electron chi connectivity index (χ3n) is 3.67. The first-order valence-corrected chi connectivity index (χ1v) is 6.96. The lowest BCUT2D eigenvalue weighted by Gasteiger charge is -2.30. The maximum Gasteiger partial charge on any atom is 0.123 e. The predicted molar refractivity (Wildman–Crippen MR) is 78.1 cm³/mol. The van der Waals surface area contributed by atoms with Crippen molar-refractivity contribution in [3.05, 3.63) is 29.6 Å². The van der Waals surface area contributed by atoms with Gasteiger partial charge in [0, 0.05) is 31.4 Å². The maximum absolute atomic E-state index is 13.4. The number of hydrogen-bond acceptors (Lipinski definition) is 3. The van der Waals surface area contributed by atoms with Crippen LogP contribution in [0.25, 0.3) is 0 Å². The molecular formula is C15H24FN3. The van der Waals surface area contributed by atoms with E-state index in [2.05, 4.69) is 29.2 Å². The molecule has 0 radical (unpaired) electrons. The van der Waals surface area contributed by atoms with Crippen molar-refractivity contribution < 1.29 is 4.39 Å². The molecule has 1 heterocycles. The lowest BCUT2D eigenvalue weighted by molar-refractivity contribution is 0.372. The van der Waals surface area contributed by atoms with Crippen LogP contribution in [0.1, 0.15) is 18.4 Å². The Labute approximate surface area is 115 Å². The zero-order valence-corrected chi connectivity index (χ0v) is 12.1. The second-order valence-corrected chi connectivity index (χ2v) is 5.56. The largest absolute Gasteiger partial charge is 0.367 e. The zero-order chi connectivity index (χ0) is 13.8. The van der Waals surface area contributed by atoms with Gasteiger partial charge in [0.25, 0.3) is 0 Å². The Balaban J connectivity index is 2.24. The van der Waals surface area contributed by atoms with Crippen molar-refractivity contribution in [3.63, 3.8) is 0 Å². The third kappa shape index (κ3) is 3.45. The van der Waals surface area contributed by atoms with Crippen LogP contribution in [0.4, 0.5) is 10.1 Å². The molecule has 1 atom stereocenters. The Morgan fingerprint density at radius 2 is 2.21 bits per heavy atom. The van der Waals surface area contributed by atoms with Gasteiger partial charge < -0.3 is 15.1 Å². The van der Waals surface area contributed by atoms with Gasteiger partial charge in [0.1, 0.15) is 5.82 Å². The molecule has 0 aromatic heterocycles. The average molecular weight is 265 g/mol. The molecule has 0 amide bonds. The molecule has 0 bridgehead atoms. The number of nitrogens with one attached hydrogen (secondary N) is 1. The van der Waals surface area contributed by atoms with Crippen LogP contribution in [-0.4, -0.2) is 45.2 Å². The number of likely N-dealkylation sites (N-methyl/N-ethyl adjacent to an activating group) is 1. The molecule has 1 aliphatic heterocycles. The zero-order valence-electron chi connectivity index (χ0n) is 12.1. The molecule has 0 spiro atoms. The summed E-state index contributed by atoms with van der Waals surface area (Å²) in [7, 11) is 6.11. The van der Waals surface area contributed by atoms with Crippen molar-refractivity contribution in [1.29, 1.82) is 0 Å². The normalized spacial score (nSPS) is 19.4. The highest BCUT2D eigenvalue weighted by atomic mass is 19.1. The molecule has 1 aromatic rings. The minimum Gasteiger partial charge on any atom is -0.367 e. The van der Waals surface area contributed by atoms with Crippen LogP contribution >= 0.6 is 0 Å². The summed E-state index contributed by atoms with van der Waals surface area (Å²) in [5.41, 5.74) is 2.23. The molecule has 0 saturated carbocycles. The number of benzene rings is 1. The Morgan fingerprint density at radius 1 is 1.42 bits per heavy atom. The molecule has 1 N–H and O–H groups in total. The highest BCUT2D eigenvalue weighted by Crippen LogP contribution is 2.29. The highest BCUT2D eigenvalue weighted by molar-refractivity contribution is 5.55. The van der Waals surface area contributed by atoms with Crippen molar-refractivity contribution in [3.8, 4) is 0 Å². The van der Waals surface area contributed by atoms with Gasteiger partial charge in [-0.25, -0.2) is 4.39 Å². The quantitative estimate of drug-likeness (QED) is 0.879. The summed E-state index contributed by atoms with van der Waals surface area (Å²) in [4.78, 5) is 4.66. The first-order valence-electron chi connectivity index (χ1n) is 6.96.